The fraction of sp³-hybridized carbons (Fsp3) is 0.333. The summed E-state index contributed by atoms with van der Waals surface area (Å²) in [6, 6.07) is 1.50. The molecule has 3 heterocycles. The molecule has 1 fully saturated rings. The summed E-state index contributed by atoms with van der Waals surface area (Å²) in [5.74, 6) is -0.0262. The largest absolute Gasteiger partial charge is 0.337 e. The quantitative estimate of drug-likeness (QED) is 0.835. The number of nitrogens with zero attached hydrogens (tertiary/aromatic N) is 1. The van der Waals surface area contributed by atoms with Crippen molar-refractivity contribution in [3.05, 3.63) is 33.6 Å². The lowest BCUT2D eigenvalue weighted by Gasteiger charge is -2.15. The number of hydrogen-bond donors (Lipinski definition) is 2. The molecule has 2 aromatic rings. The molecule has 0 aromatic carbocycles. The Kier molecular flexibility index (Phi) is 2.68. The minimum Gasteiger partial charge on any atom is -0.337 e. The SMILES string of the molecule is NC1CCN(Cc2csc3cc[nH]c(=O)c23)C1=O. The number of nitrogens with two attached hydrogens (primary N) is 1. The third-order valence-electron chi connectivity index (χ3n) is 3.27. The minimum atomic E-state index is -0.381. The van der Waals surface area contributed by atoms with Crippen molar-refractivity contribution in [2.45, 2.75) is 19.0 Å². The number of thiophene rings is 1. The lowest BCUT2D eigenvalue weighted by Crippen LogP contribution is -2.33. The van der Waals surface area contributed by atoms with Crippen molar-refractivity contribution in [1.29, 1.82) is 0 Å². The molecule has 0 radical (unpaired) electrons. The van der Waals surface area contributed by atoms with Crippen molar-refractivity contribution in [3.8, 4) is 0 Å². The van der Waals surface area contributed by atoms with Crippen molar-refractivity contribution in [1.82, 2.24) is 9.88 Å². The fourth-order valence-corrected chi connectivity index (χ4v) is 3.25. The second kappa shape index (κ2) is 4.22. The molecule has 0 aliphatic carbocycles. The Morgan fingerprint density at radius 1 is 1.50 bits per heavy atom. The predicted molar refractivity (Wildman–Crippen MR) is 70.5 cm³/mol. The predicted octanol–water partition coefficient (Wildman–Crippen LogP) is 0.649. The Bertz CT molecular complexity index is 661. The highest BCUT2D eigenvalue weighted by Crippen LogP contribution is 2.24. The maximum Gasteiger partial charge on any atom is 0.257 e. The molecule has 0 spiro atoms. The van der Waals surface area contributed by atoms with E-state index in [1.54, 1.807) is 11.1 Å². The average Bonchev–Trinajstić information content (AvgIpc) is 2.90. The van der Waals surface area contributed by atoms with E-state index in [1.165, 1.54) is 11.3 Å². The molecule has 94 valence electrons. The van der Waals surface area contributed by atoms with Gasteiger partial charge in [0.25, 0.3) is 5.56 Å². The van der Waals surface area contributed by atoms with Gasteiger partial charge in [-0.3, -0.25) is 9.59 Å². The zero-order valence-electron chi connectivity index (χ0n) is 9.68. The van der Waals surface area contributed by atoms with Gasteiger partial charge in [0.15, 0.2) is 0 Å². The molecule has 0 saturated carbocycles. The summed E-state index contributed by atoms with van der Waals surface area (Å²) in [5, 5.41) is 2.63. The van der Waals surface area contributed by atoms with Crippen LogP contribution in [-0.2, 0) is 11.3 Å². The lowest BCUT2D eigenvalue weighted by molar-refractivity contribution is -0.129. The van der Waals surface area contributed by atoms with Gasteiger partial charge in [0.05, 0.1) is 11.4 Å². The van der Waals surface area contributed by atoms with Gasteiger partial charge in [-0.15, -0.1) is 11.3 Å². The van der Waals surface area contributed by atoms with Crippen LogP contribution in [-0.4, -0.2) is 28.4 Å². The first kappa shape index (κ1) is 11.4. The van der Waals surface area contributed by atoms with Gasteiger partial charge in [-0.2, -0.15) is 0 Å². The molecular weight excluding hydrogens is 250 g/mol. The van der Waals surface area contributed by atoms with Gasteiger partial charge in [-0.25, -0.2) is 0 Å². The van der Waals surface area contributed by atoms with Crippen molar-refractivity contribution in [3.63, 3.8) is 0 Å². The fourth-order valence-electron chi connectivity index (χ4n) is 2.30. The van der Waals surface area contributed by atoms with E-state index in [0.717, 1.165) is 10.3 Å². The van der Waals surface area contributed by atoms with Gasteiger partial charge in [-0.05, 0) is 23.4 Å². The summed E-state index contributed by atoms with van der Waals surface area (Å²) in [7, 11) is 0. The van der Waals surface area contributed by atoms with Crippen LogP contribution >= 0.6 is 11.3 Å². The van der Waals surface area contributed by atoms with Crippen LogP contribution in [0.15, 0.2) is 22.4 Å². The highest BCUT2D eigenvalue weighted by Gasteiger charge is 2.28. The van der Waals surface area contributed by atoms with Gasteiger partial charge < -0.3 is 15.6 Å². The molecule has 6 heteroatoms. The molecular formula is C12H13N3O2S. The number of aromatic amines is 1. The topological polar surface area (TPSA) is 79.2 Å². The average molecular weight is 263 g/mol. The van der Waals surface area contributed by atoms with Gasteiger partial charge in [0, 0.05) is 24.0 Å². The van der Waals surface area contributed by atoms with E-state index in [0.29, 0.717) is 24.9 Å². The summed E-state index contributed by atoms with van der Waals surface area (Å²) in [4.78, 5) is 28.0. The molecule has 1 amide bonds. The number of pyridine rings is 1. The third-order valence-corrected chi connectivity index (χ3v) is 4.27. The van der Waals surface area contributed by atoms with E-state index in [-0.39, 0.29) is 17.5 Å². The van der Waals surface area contributed by atoms with E-state index in [4.69, 9.17) is 5.73 Å². The molecule has 18 heavy (non-hydrogen) atoms. The Balaban J connectivity index is 1.96. The minimum absolute atomic E-state index is 0.0262. The zero-order valence-corrected chi connectivity index (χ0v) is 10.5. The number of carbonyl (C=O) groups excluding carboxylic acids is 1. The van der Waals surface area contributed by atoms with E-state index in [9.17, 15) is 9.59 Å². The maximum absolute atomic E-state index is 11.8. The first-order chi connectivity index (χ1) is 8.66. The molecule has 1 aliphatic rings. The van der Waals surface area contributed by atoms with Gasteiger partial charge in [0.1, 0.15) is 0 Å². The smallest absolute Gasteiger partial charge is 0.257 e. The monoisotopic (exact) mass is 263 g/mol. The number of amides is 1. The van der Waals surface area contributed by atoms with Crippen LogP contribution in [0.4, 0.5) is 0 Å². The second-order valence-electron chi connectivity index (χ2n) is 4.46. The first-order valence-electron chi connectivity index (χ1n) is 5.79. The number of aromatic nitrogens is 1. The number of fused-ring (bicyclic) bond motifs is 1. The van der Waals surface area contributed by atoms with E-state index < -0.39 is 0 Å². The van der Waals surface area contributed by atoms with Crippen LogP contribution in [0.5, 0.6) is 0 Å². The summed E-state index contributed by atoms with van der Waals surface area (Å²) in [5.41, 5.74) is 6.49. The number of rotatable bonds is 2. The highest BCUT2D eigenvalue weighted by molar-refractivity contribution is 7.17. The normalized spacial score (nSPS) is 19.9. The molecule has 0 bridgehead atoms. The molecule has 5 nitrogen and oxygen atoms in total. The molecule has 1 unspecified atom stereocenters. The molecule has 3 rings (SSSR count). The van der Waals surface area contributed by atoms with Crippen molar-refractivity contribution < 1.29 is 4.79 Å². The van der Waals surface area contributed by atoms with Crippen molar-refractivity contribution in [2.75, 3.05) is 6.54 Å². The zero-order chi connectivity index (χ0) is 12.7. The van der Waals surface area contributed by atoms with Crippen LogP contribution in [0.3, 0.4) is 0 Å². The van der Waals surface area contributed by atoms with E-state index in [2.05, 4.69) is 4.98 Å². The van der Waals surface area contributed by atoms with Crippen LogP contribution < -0.4 is 11.3 Å². The molecule has 1 aliphatic heterocycles. The van der Waals surface area contributed by atoms with Crippen molar-refractivity contribution >= 4 is 27.3 Å². The van der Waals surface area contributed by atoms with Gasteiger partial charge >= 0.3 is 0 Å². The molecule has 1 saturated heterocycles. The summed E-state index contributed by atoms with van der Waals surface area (Å²) in [6.45, 7) is 1.14. The number of carbonyl (C=O) groups is 1. The first-order valence-corrected chi connectivity index (χ1v) is 6.67. The van der Waals surface area contributed by atoms with Crippen LogP contribution in [0.1, 0.15) is 12.0 Å². The van der Waals surface area contributed by atoms with E-state index in [1.807, 2.05) is 11.4 Å². The number of H-pyrrole nitrogens is 1. The summed E-state index contributed by atoms with van der Waals surface area (Å²) < 4.78 is 0.949. The second-order valence-corrected chi connectivity index (χ2v) is 5.37. The Labute approximate surface area is 107 Å². The number of nitrogens with one attached hydrogen (secondary N) is 1. The van der Waals surface area contributed by atoms with Gasteiger partial charge in [-0.1, -0.05) is 0 Å². The van der Waals surface area contributed by atoms with E-state index >= 15 is 0 Å². The molecule has 2 aromatic heterocycles. The summed E-state index contributed by atoms with van der Waals surface area (Å²) in [6.07, 6.45) is 2.33. The summed E-state index contributed by atoms with van der Waals surface area (Å²) >= 11 is 1.52. The molecule has 3 N–H and O–H groups in total. The maximum atomic E-state index is 11.8. The lowest BCUT2D eigenvalue weighted by atomic mass is 10.2. The number of hydrogen-bond acceptors (Lipinski definition) is 4. The van der Waals surface area contributed by atoms with Crippen LogP contribution in [0, 0.1) is 0 Å². The third kappa shape index (κ3) is 1.74. The van der Waals surface area contributed by atoms with Gasteiger partial charge in [0.2, 0.25) is 5.91 Å². The Morgan fingerprint density at radius 3 is 3.06 bits per heavy atom. The number of likely N-dealkylation sites (tertiary alicyclic amines) is 1. The van der Waals surface area contributed by atoms with Crippen molar-refractivity contribution in [2.24, 2.45) is 5.73 Å². The Hall–Kier alpha value is -1.66. The van der Waals surface area contributed by atoms with Crippen LogP contribution in [0.25, 0.3) is 10.1 Å². The Morgan fingerprint density at radius 2 is 2.33 bits per heavy atom. The van der Waals surface area contributed by atoms with Crippen LogP contribution in [0.2, 0.25) is 0 Å². The standard InChI is InChI=1S/C12H13N3O2S/c13-8-2-4-15(12(8)17)5-7-6-18-9-1-3-14-11(16)10(7)9/h1,3,6,8H,2,4-5,13H2,(H,14,16). The highest BCUT2D eigenvalue weighted by atomic mass is 32.1. The molecule has 1 atom stereocenters.